The van der Waals surface area contributed by atoms with Crippen LogP contribution in [0.4, 0.5) is 10.8 Å². The molecular weight excluding hydrogens is 684 g/mol. The molecule has 2 aromatic rings. The quantitative estimate of drug-likeness (QED) is 0.0763. The predicted molar refractivity (Wildman–Crippen MR) is 167 cm³/mol. The minimum absolute atomic E-state index is 0.0375. The van der Waals surface area contributed by atoms with E-state index < -0.39 is 58.0 Å². The number of nitrogens with zero attached hydrogens (tertiary/aromatic N) is 4. The largest absolute Gasteiger partial charge is 0.498 e. The molecule has 250 valence electrons. The highest BCUT2D eigenvalue weighted by atomic mass is 35.5. The van der Waals surface area contributed by atoms with Crippen molar-refractivity contribution in [3.8, 4) is 0 Å². The SMILES string of the molecule is COC1=C(C(=O)OCc2ccc([N+](=O)[O-])cc2)N2C(=O)C(NC(=O)/C(=N/OCC(=O)OC(C)(C)C)c3nc(NC=O)sc3Cl)[C@H]2SC1. The van der Waals surface area contributed by atoms with Gasteiger partial charge in [-0.05, 0) is 38.5 Å². The summed E-state index contributed by atoms with van der Waals surface area (Å²) in [4.78, 5) is 83.6. The van der Waals surface area contributed by atoms with Crippen LogP contribution in [0.15, 0.2) is 40.9 Å². The molecule has 3 heterocycles. The van der Waals surface area contributed by atoms with Crippen molar-refractivity contribution in [3.63, 3.8) is 0 Å². The van der Waals surface area contributed by atoms with E-state index in [1.54, 1.807) is 20.8 Å². The van der Waals surface area contributed by atoms with Crippen LogP contribution in [0.1, 0.15) is 32.0 Å². The van der Waals surface area contributed by atoms with Crippen LogP contribution >= 0.6 is 34.7 Å². The molecule has 0 bridgehead atoms. The Morgan fingerprint density at radius 2 is 1.96 bits per heavy atom. The number of hydrogen-bond acceptors (Lipinski definition) is 15. The van der Waals surface area contributed by atoms with Gasteiger partial charge in [-0.15, -0.1) is 11.8 Å². The maximum atomic E-state index is 13.5. The van der Waals surface area contributed by atoms with Crippen LogP contribution in [0, 0.1) is 10.1 Å². The first-order chi connectivity index (χ1) is 22.2. The van der Waals surface area contributed by atoms with E-state index in [9.17, 15) is 34.1 Å². The topological polar surface area (TPSA) is 218 Å². The number of nitro benzene ring substituents is 1. The Labute approximate surface area is 279 Å². The molecular formula is C27H27ClN6O11S2. The summed E-state index contributed by atoms with van der Waals surface area (Å²) in [6.07, 6.45) is 0.354. The molecule has 0 saturated carbocycles. The van der Waals surface area contributed by atoms with Gasteiger partial charge in [-0.1, -0.05) is 28.1 Å². The van der Waals surface area contributed by atoms with Crippen LogP contribution in [-0.2, 0) is 49.6 Å². The summed E-state index contributed by atoms with van der Waals surface area (Å²) in [5, 5.41) is 18.8. The number of anilines is 1. The first kappa shape index (κ1) is 35.1. The van der Waals surface area contributed by atoms with Gasteiger partial charge in [0.1, 0.15) is 39.4 Å². The fourth-order valence-electron chi connectivity index (χ4n) is 4.15. The smallest absolute Gasteiger partial charge is 0.358 e. The van der Waals surface area contributed by atoms with E-state index in [0.717, 1.165) is 16.2 Å². The second-order valence-electron chi connectivity index (χ2n) is 10.5. The summed E-state index contributed by atoms with van der Waals surface area (Å²) in [5.41, 5.74) is -1.32. The molecule has 2 aliphatic heterocycles. The Kier molecular flexibility index (Phi) is 11.0. The number of carbonyl (C=O) groups excluding carboxylic acids is 5. The number of β-lactam (4-membered cyclic amide) rings is 1. The van der Waals surface area contributed by atoms with Gasteiger partial charge in [-0.25, -0.2) is 14.6 Å². The normalized spacial score (nSPS) is 17.6. The van der Waals surface area contributed by atoms with Crippen molar-refractivity contribution in [2.24, 2.45) is 5.16 Å². The number of ether oxygens (including phenoxy) is 3. The Balaban J connectivity index is 1.49. The standard InChI is InChI=1S/C27H27ClN6O11S2/c1-27(2,3)45-16(36)10-44-32-18(17-21(28)47-26(31-17)29-12-35)22(37)30-19-23(38)33-20(15(42-4)11-46-24(19)33)25(39)43-9-13-5-7-14(8-6-13)34(40)41/h5-8,12,19,24H,9-11H2,1-4H3,(H,30,37)(H,29,31,35)/b32-18+/t19?,24-/m1/s1. The van der Waals surface area contributed by atoms with Gasteiger partial charge in [0.25, 0.3) is 17.5 Å². The van der Waals surface area contributed by atoms with E-state index in [2.05, 4.69) is 20.8 Å². The van der Waals surface area contributed by atoms with Crippen molar-refractivity contribution in [1.29, 1.82) is 0 Å². The van der Waals surface area contributed by atoms with Crippen LogP contribution in [0.25, 0.3) is 0 Å². The molecule has 17 nitrogen and oxygen atoms in total. The monoisotopic (exact) mass is 710 g/mol. The molecule has 1 fully saturated rings. The molecule has 47 heavy (non-hydrogen) atoms. The first-order valence-electron chi connectivity index (χ1n) is 13.5. The Hall–Kier alpha value is -4.75. The molecule has 20 heteroatoms. The molecule has 3 amide bonds. The zero-order valence-electron chi connectivity index (χ0n) is 25.1. The number of nitro groups is 1. The lowest BCUT2D eigenvalue weighted by molar-refractivity contribution is -0.384. The van der Waals surface area contributed by atoms with E-state index in [-0.39, 0.29) is 44.7 Å². The summed E-state index contributed by atoms with van der Waals surface area (Å²) in [5.74, 6) is -2.97. The number of amides is 3. The Morgan fingerprint density at radius 1 is 1.26 bits per heavy atom. The Bertz CT molecular complexity index is 1650. The number of hydrogen-bond donors (Lipinski definition) is 2. The molecule has 4 rings (SSSR count). The van der Waals surface area contributed by atoms with Crippen LogP contribution < -0.4 is 10.6 Å². The molecule has 1 saturated heterocycles. The van der Waals surface area contributed by atoms with Gasteiger partial charge in [0, 0.05) is 12.1 Å². The minimum atomic E-state index is -1.15. The fraction of sp³-hybridized carbons (Fsp3) is 0.370. The van der Waals surface area contributed by atoms with Gasteiger partial charge in [0.15, 0.2) is 16.5 Å². The van der Waals surface area contributed by atoms with Crippen LogP contribution in [0.5, 0.6) is 0 Å². The Morgan fingerprint density at radius 3 is 2.57 bits per heavy atom. The van der Waals surface area contributed by atoms with Gasteiger partial charge in [0.2, 0.25) is 13.0 Å². The number of nitrogens with one attached hydrogen (secondary N) is 2. The van der Waals surface area contributed by atoms with Crippen molar-refractivity contribution in [2.45, 2.75) is 44.4 Å². The second kappa shape index (κ2) is 14.8. The van der Waals surface area contributed by atoms with Crippen LogP contribution in [0.3, 0.4) is 0 Å². The molecule has 2 aliphatic rings. The fourth-order valence-corrected chi connectivity index (χ4v) is 6.47. The lowest BCUT2D eigenvalue weighted by atomic mass is 10.0. The predicted octanol–water partition coefficient (Wildman–Crippen LogP) is 2.34. The number of fused-ring (bicyclic) bond motifs is 1. The summed E-state index contributed by atoms with van der Waals surface area (Å²) < 4.78 is 15.8. The van der Waals surface area contributed by atoms with E-state index in [0.29, 0.717) is 12.0 Å². The van der Waals surface area contributed by atoms with Gasteiger partial charge < -0.3 is 29.7 Å². The lowest BCUT2D eigenvalue weighted by Gasteiger charge is -2.49. The minimum Gasteiger partial charge on any atom is -0.498 e. The maximum Gasteiger partial charge on any atom is 0.358 e. The number of thioether (sulfide) groups is 1. The third-order valence-corrected chi connectivity index (χ3v) is 8.58. The van der Waals surface area contributed by atoms with Crippen LogP contribution in [0.2, 0.25) is 4.34 Å². The van der Waals surface area contributed by atoms with E-state index in [1.165, 1.54) is 43.1 Å². The number of halogens is 1. The van der Waals surface area contributed by atoms with Crippen molar-refractivity contribution in [3.05, 3.63) is 61.4 Å². The molecule has 0 aliphatic carbocycles. The number of thiazole rings is 1. The van der Waals surface area contributed by atoms with Crippen molar-refractivity contribution < 1.29 is 47.9 Å². The molecule has 1 aromatic heterocycles. The van der Waals surface area contributed by atoms with E-state index >= 15 is 0 Å². The third kappa shape index (κ3) is 8.35. The van der Waals surface area contributed by atoms with Gasteiger partial charge in [-0.3, -0.25) is 29.4 Å². The molecule has 0 radical (unpaired) electrons. The number of rotatable bonds is 13. The molecule has 2 atom stereocenters. The number of esters is 2. The summed E-state index contributed by atoms with van der Waals surface area (Å²) in [6, 6.07) is 4.24. The summed E-state index contributed by atoms with van der Waals surface area (Å²) >= 11 is 8.29. The average molecular weight is 711 g/mol. The zero-order chi connectivity index (χ0) is 34.5. The highest BCUT2D eigenvalue weighted by molar-refractivity contribution is 8.00. The number of oxime groups is 1. The van der Waals surface area contributed by atoms with Crippen molar-refractivity contribution in [2.75, 3.05) is 24.8 Å². The first-order valence-corrected chi connectivity index (χ1v) is 15.7. The molecule has 1 aromatic carbocycles. The van der Waals surface area contributed by atoms with E-state index in [4.69, 9.17) is 30.6 Å². The van der Waals surface area contributed by atoms with Crippen molar-refractivity contribution >= 4 is 81.4 Å². The molecule has 1 unspecified atom stereocenters. The van der Waals surface area contributed by atoms with Gasteiger partial charge in [-0.2, -0.15) is 0 Å². The van der Waals surface area contributed by atoms with E-state index in [1.807, 2.05) is 0 Å². The lowest BCUT2D eigenvalue weighted by Crippen LogP contribution is -2.71. The number of aromatic nitrogens is 1. The van der Waals surface area contributed by atoms with Gasteiger partial charge >= 0.3 is 11.9 Å². The molecule has 0 spiro atoms. The van der Waals surface area contributed by atoms with Crippen LogP contribution in [-0.4, -0.2) is 87.2 Å². The maximum absolute atomic E-state index is 13.5. The summed E-state index contributed by atoms with van der Waals surface area (Å²) in [7, 11) is 1.33. The third-order valence-electron chi connectivity index (χ3n) is 6.14. The summed E-state index contributed by atoms with van der Waals surface area (Å²) in [6.45, 7) is 4.05. The highest BCUT2D eigenvalue weighted by Gasteiger charge is 2.55. The highest BCUT2D eigenvalue weighted by Crippen LogP contribution is 2.41. The zero-order valence-corrected chi connectivity index (χ0v) is 27.5. The number of benzene rings is 1. The number of non-ortho nitro benzene ring substituents is 1. The molecule has 2 N–H and O–H groups in total. The second-order valence-corrected chi connectivity index (χ2v) is 13.2. The number of methoxy groups -OCH3 is 1. The van der Waals surface area contributed by atoms with Gasteiger partial charge in [0.05, 0.1) is 17.8 Å². The van der Waals surface area contributed by atoms with Crippen molar-refractivity contribution in [1.82, 2.24) is 15.2 Å². The number of carbonyl (C=O) groups is 5. The average Bonchev–Trinajstić information content (AvgIpc) is 3.38.